The summed E-state index contributed by atoms with van der Waals surface area (Å²) >= 11 is 0. The number of anilines is 1. The highest BCUT2D eigenvalue weighted by molar-refractivity contribution is 5.92. The number of hydrogen-bond acceptors (Lipinski definition) is 7. The number of aryl methyl sites for hydroxylation is 1. The van der Waals surface area contributed by atoms with Crippen molar-refractivity contribution in [3.05, 3.63) is 42.0 Å². The van der Waals surface area contributed by atoms with E-state index in [0.717, 1.165) is 42.5 Å². The van der Waals surface area contributed by atoms with Gasteiger partial charge < -0.3 is 19.1 Å². The molecule has 0 unspecified atom stereocenters. The van der Waals surface area contributed by atoms with Gasteiger partial charge in [-0.1, -0.05) is 5.16 Å². The lowest BCUT2D eigenvalue weighted by Crippen LogP contribution is -2.48. The van der Waals surface area contributed by atoms with Crippen LogP contribution in [0.3, 0.4) is 0 Å². The van der Waals surface area contributed by atoms with Crippen molar-refractivity contribution < 1.29 is 14.1 Å². The normalized spacial score (nSPS) is 17.4. The Morgan fingerprint density at radius 2 is 1.97 bits per heavy atom. The molecule has 8 nitrogen and oxygen atoms in total. The first-order valence-corrected chi connectivity index (χ1v) is 10.1. The Morgan fingerprint density at radius 1 is 1.14 bits per heavy atom. The fourth-order valence-corrected chi connectivity index (χ4v) is 3.76. The van der Waals surface area contributed by atoms with Crippen LogP contribution in [-0.4, -0.2) is 58.2 Å². The van der Waals surface area contributed by atoms with Crippen molar-refractivity contribution in [1.29, 1.82) is 0 Å². The molecule has 3 aromatic rings. The van der Waals surface area contributed by atoms with E-state index in [4.69, 9.17) is 9.26 Å². The summed E-state index contributed by atoms with van der Waals surface area (Å²) in [5.74, 6) is 1.23. The molecule has 0 atom stereocenters. The van der Waals surface area contributed by atoms with Crippen LogP contribution in [0.1, 0.15) is 35.5 Å². The van der Waals surface area contributed by atoms with E-state index in [1.807, 2.05) is 11.0 Å². The molecule has 2 aromatic heterocycles. The Bertz CT molecular complexity index is 1040. The predicted octanol–water partition coefficient (Wildman–Crippen LogP) is 2.82. The second kappa shape index (κ2) is 7.35. The van der Waals surface area contributed by atoms with Gasteiger partial charge in [0.1, 0.15) is 18.2 Å². The number of piperazine rings is 1. The number of rotatable bonds is 4. The average molecular weight is 393 g/mol. The third-order valence-electron chi connectivity index (χ3n) is 5.69. The summed E-state index contributed by atoms with van der Waals surface area (Å²) in [7, 11) is 0. The molecule has 1 saturated heterocycles. The van der Waals surface area contributed by atoms with Crippen LogP contribution in [0.2, 0.25) is 0 Å². The van der Waals surface area contributed by atoms with Gasteiger partial charge in [-0.25, -0.2) is 9.97 Å². The van der Waals surface area contributed by atoms with Crippen LogP contribution in [-0.2, 0) is 0 Å². The molecule has 8 heteroatoms. The maximum Gasteiger partial charge on any atom is 0.276 e. The number of nitrogens with zero attached hydrogens (tertiary/aromatic N) is 5. The molecule has 0 radical (unpaired) electrons. The number of carbonyl (C=O) groups is 1. The van der Waals surface area contributed by atoms with E-state index < -0.39 is 0 Å². The monoisotopic (exact) mass is 393 g/mol. The van der Waals surface area contributed by atoms with Gasteiger partial charge in [0.25, 0.3) is 5.91 Å². The number of fused-ring (bicyclic) bond motifs is 1. The lowest BCUT2D eigenvalue weighted by molar-refractivity contribution is 0.0736. The van der Waals surface area contributed by atoms with Gasteiger partial charge in [-0.2, -0.15) is 0 Å². The standard InChI is InChI=1S/C21H23N5O3/c1-14-11-19(24-29-14)21(27)26-9-7-25(8-10-26)15-5-6-18-17(12-15)20(23-13-22-18)28-16-3-2-4-16/h5-6,11-13,16H,2-4,7-10H2,1H3. The van der Waals surface area contributed by atoms with Crippen molar-refractivity contribution >= 4 is 22.5 Å². The number of carbonyl (C=O) groups excluding carboxylic acids is 1. The molecule has 1 aliphatic heterocycles. The van der Waals surface area contributed by atoms with Crippen molar-refractivity contribution in [3.8, 4) is 5.88 Å². The molecule has 2 aliphatic rings. The van der Waals surface area contributed by atoms with Crippen LogP contribution in [0.15, 0.2) is 35.1 Å². The van der Waals surface area contributed by atoms with E-state index >= 15 is 0 Å². The topological polar surface area (TPSA) is 84.6 Å². The predicted molar refractivity (Wildman–Crippen MR) is 107 cm³/mol. The number of amides is 1. The van der Waals surface area contributed by atoms with Gasteiger partial charge in [0, 0.05) is 37.9 Å². The zero-order valence-electron chi connectivity index (χ0n) is 16.4. The van der Waals surface area contributed by atoms with Crippen molar-refractivity contribution in [2.24, 2.45) is 0 Å². The van der Waals surface area contributed by atoms with E-state index in [2.05, 4.69) is 32.2 Å². The molecule has 1 saturated carbocycles. The molecule has 3 heterocycles. The molecule has 1 aromatic carbocycles. The number of ether oxygens (including phenoxy) is 1. The van der Waals surface area contributed by atoms with Gasteiger partial charge in [-0.05, 0) is 44.4 Å². The molecule has 0 spiro atoms. The molecule has 2 fully saturated rings. The smallest absolute Gasteiger partial charge is 0.276 e. The number of benzene rings is 1. The fraction of sp³-hybridized carbons (Fsp3) is 0.429. The van der Waals surface area contributed by atoms with Crippen LogP contribution >= 0.6 is 0 Å². The first kappa shape index (κ1) is 17.9. The van der Waals surface area contributed by atoms with Gasteiger partial charge >= 0.3 is 0 Å². The van der Waals surface area contributed by atoms with Crippen LogP contribution in [0, 0.1) is 6.92 Å². The third-order valence-corrected chi connectivity index (χ3v) is 5.69. The second-order valence-electron chi connectivity index (χ2n) is 7.65. The summed E-state index contributed by atoms with van der Waals surface area (Å²) < 4.78 is 11.1. The minimum Gasteiger partial charge on any atom is -0.474 e. The Kier molecular flexibility index (Phi) is 4.54. The summed E-state index contributed by atoms with van der Waals surface area (Å²) in [6.07, 6.45) is 5.23. The van der Waals surface area contributed by atoms with Gasteiger partial charge in [0.05, 0.1) is 10.9 Å². The lowest BCUT2D eigenvalue weighted by atomic mass is 9.96. The molecule has 0 N–H and O–H groups in total. The summed E-state index contributed by atoms with van der Waals surface area (Å²) in [5, 5.41) is 4.78. The van der Waals surface area contributed by atoms with E-state index in [1.54, 1.807) is 19.3 Å². The summed E-state index contributed by atoms with van der Waals surface area (Å²) in [6.45, 7) is 4.56. The SMILES string of the molecule is Cc1cc(C(=O)N2CCN(c3ccc4ncnc(OC5CCC5)c4c3)CC2)no1. The van der Waals surface area contributed by atoms with Gasteiger partial charge in [-0.15, -0.1) is 0 Å². The van der Waals surface area contributed by atoms with Crippen molar-refractivity contribution in [2.45, 2.75) is 32.3 Å². The zero-order chi connectivity index (χ0) is 19.8. The third kappa shape index (κ3) is 3.50. The summed E-state index contributed by atoms with van der Waals surface area (Å²) in [6, 6.07) is 7.86. The van der Waals surface area contributed by atoms with Gasteiger partial charge in [-0.3, -0.25) is 4.79 Å². The molecule has 5 rings (SSSR count). The van der Waals surface area contributed by atoms with Crippen LogP contribution in [0.5, 0.6) is 5.88 Å². The zero-order valence-corrected chi connectivity index (χ0v) is 16.4. The maximum absolute atomic E-state index is 12.6. The maximum atomic E-state index is 12.6. The molecule has 0 bridgehead atoms. The minimum absolute atomic E-state index is 0.0791. The van der Waals surface area contributed by atoms with Crippen LogP contribution < -0.4 is 9.64 Å². The van der Waals surface area contributed by atoms with E-state index in [1.165, 1.54) is 6.42 Å². The van der Waals surface area contributed by atoms with Gasteiger partial charge in [0.15, 0.2) is 5.69 Å². The Balaban J connectivity index is 1.31. The Hall–Kier alpha value is -3.16. The van der Waals surface area contributed by atoms with Crippen molar-refractivity contribution in [2.75, 3.05) is 31.1 Å². The second-order valence-corrected chi connectivity index (χ2v) is 7.65. The number of aromatic nitrogens is 3. The molecule has 1 amide bonds. The Morgan fingerprint density at radius 3 is 2.66 bits per heavy atom. The van der Waals surface area contributed by atoms with Crippen molar-refractivity contribution in [1.82, 2.24) is 20.0 Å². The van der Waals surface area contributed by atoms with Crippen molar-refractivity contribution in [3.63, 3.8) is 0 Å². The molecular weight excluding hydrogens is 370 g/mol. The lowest BCUT2D eigenvalue weighted by Gasteiger charge is -2.36. The summed E-state index contributed by atoms with van der Waals surface area (Å²) in [5.41, 5.74) is 2.35. The van der Waals surface area contributed by atoms with Gasteiger partial charge in [0.2, 0.25) is 5.88 Å². The quantitative estimate of drug-likeness (QED) is 0.674. The first-order chi connectivity index (χ1) is 14.2. The first-order valence-electron chi connectivity index (χ1n) is 10.1. The van der Waals surface area contributed by atoms with Crippen LogP contribution in [0.4, 0.5) is 5.69 Å². The highest BCUT2D eigenvalue weighted by Gasteiger charge is 2.25. The Labute approximate surface area is 168 Å². The van der Waals surface area contributed by atoms with E-state index in [9.17, 15) is 4.79 Å². The van der Waals surface area contributed by atoms with E-state index in [-0.39, 0.29) is 12.0 Å². The largest absolute Gasteiger partial charge is 0.474 e. The molecule has 1 aliphatic carbocycles. The fourth-order valence-electron chi connectivity index (χ4n) is 3.76. The minimum atomic E-state index is -0.0791. The van der Waals surface area contributed by atoms with Crippen LogP contribution in [0.25, 0.3) is 10.9 Å². The molecule has 29 heavy (non-hydrogen) atoms. The molecule has 150 valence electrons. The number of hydrogen-bond donors (Lipinski definition) is 0. The summed E-state index contributed by atoms with van der Waals surface area (Å²) in [4.78, 5) is 25.4. The highest BCUT2D eigenvalue weighted by Crippen LogP contribution is 2.31. The molecular formula is C21H23N5O3. The van der Waals surface area contributed by atoms with E-state index in [0.29, 0.717) is 30.4 Å². The average Bonchev–Trinajstić information content (AvgIpc) is 3.16. The highest BCUT2D eigenvalue weighted by atomic mass is 16.5.